The molecule has 0 heterocycles. The van der Waals surface area contributed by atoms with Crippen molar-refractivity contribution in [2.24, 2.45) is 0 Å². The van der Waals surface area contributed by atoms with E-state index in [1.54, 1.807) is 18.2 Å². The van der Waals surface area contributed by atoms with Crippen LogP contribution in [0.5, 0.6) is 5.75 Å². The van der Waals surface area contributed by atoms with E-state index in [0.717, 1.165) is 16.9 Å². The Morgan fingerprint density at radius 1 is 1.00 bits per heavy atom. The number of ketones is 1. The van der Waals surface area contributed by atoms with Gasteiger partial charge in [-0.25, -0.2) is 4.79 Å². The van der Waals surface area contributed by atoms with Gasteiger partial charge in [0.2, 0.25) is 0 Å². The first-order chi connectivity index (χ1) is 11.1. The highest BCUT2D eigenvalue weighted by atomic mass is 16.5. The van der Waals surface area contributed by atoms with Gasteiger partial charge in [-0.05, 0) is 48.4 Å². The third-order valence-corrected chi connectivity index (χ3v) is 3.17. The summed E-state index contributed by atoms with van der Waals surface area (Å²) in [4.78, 5) is 22.2. The summed E-state index contributed by atoms with van der Waals surface area (Å²) < 4.78 is 10.3. The van der Waals surface area contributed by atoms with Crippen molar-refractivity contribution in [1.29, 1.82) is 0 Å². The lowest BCUT2D eigenvalue weighted by atomic mass is 10.1. The fourth-order valence-corrected chi connectivity index (χ4v) is 1.91. The SMILES string of the molecule is COC(=O)c1ccc(COc2ccc(C=CC(C)=O)cc2)cc1. The number of benzene rings is 2. The summed E-state index contributed by atoms with van der Waals surface area (Å²) in [5, 5.41) is 0. The van der Waals surface area contributed by atoms with Crippen molar-refractivity contribution in [3.63, 3.8) is 0 Å². The molecule has 2 aromatic carbocycles. The van der Waals surface area contributed by atoms with Crippen LogP contribution in [0.3, 0.4) is 0 Å². The Balaban J connectivity index is 1.93. The normalized spacial score (nSPS) is 10.5. The van der Waals surface area contributed by atoms with E-state index in [9.17, 15) is 9.59 Å². The van der Waals surface area contributed by atoms with Crippen molar-refractivity contribution < 1.29 is 19.1 Å². The summed E-state index contributed by atoms with van der Waals surface area (Å²) in [6.07, 6.45) is 3.29. The second-order valence-electron chi connectivity index (χ2n) is 4.99. The van der Waals surface area contributed by atoms with Crippen LogP contribution >= 0.6 is 0 Å². The molecule has 0 N–H and O–H groups in total. The van der Waals surface area contributed by atoms with Gasteiger partial charge in [0.1, 0.15) is 12.4 Å². The maximum Gasteiger partial charge on any atom is 0.337 e. The molecule has 2 aromatic rings. The van der Waals surface area contributed by atoms with Crippen molar-refractivity contribution in [2.45, 2.75) is 13.5 Å². The molecule has 118 valence electrons. The van der Waals surface area contributed by atoms with Crippen molar-refractivity contribution in [3.05, 3.63) is 71.3 Å². The quantitative estimate of drug-likeness (QED) is 0.603. The Morgan fingerprint density at radius 3 is 2.22 bits per heavy atom. The number of hydrogen-bond donors (Lipinski definition) is 0. The van der Waals surface area contributed by atoms with Crippen molar-refractivity contribution in [1.82, 2.24) is 0 Å². The third kappa shape index (κ3) is 5.11. The summed E-state index contributed by atoms with van der Waals surface area (Å²) in [5.41, 5.74) is 2.41. The molecule has 0 amide bonds. The molecule has 0 atom stereocenters. The molecule has 0 fully saturated rings. The molecule has 0 saturated carbocycles. The predicted octanol–water partition coefficient (Wildman–Crippen LogP) is 3.65. The number of carbonyl (C=O) groups excluding carboxylic acids is 2. The second kappa shape index (κ2) is 7.94. The summed E-state index contributed by atoms with van der Waals surface area (Å²) in [5.74, 6) is 0.398. The topological polar surface area (TPSA) is 52.6 Å². The van der Waals surface area contributed by atoms with Crippen LogP contribution in [0, 0.1) is 0 Å². The van der Waals surface area contributed by atoms with Crippen LogP contribution in [0.25, 0.3) is 6.08 Å². The fraction of sp³-hybridized carbons (Fsp3) is 0.158. The summed E-state index contributed by atoms with van der Waals surface area (Å²) in [7, 11) is 1.36. The van der Waals surface area contributed by atoms with E-state index < -0.39 is 0 Å². The number of hydrogen-bond acceptors (Lipinski definition) is 4. The summed E-state index contributed by atoms with van der Waals surface area (Å²) >= 11 is 0. The molecule has 0 spiro atoms. The molecule has 0 bridgehead atoms. The van der Waals surface area contributed by atoms with E-state index in [-0.39, 0.29) is 11.8 Å². The first-order valence-electron chi connectivity index (χ1n) is 7.17. The first-order valence-corrected chi connectivity index (χ1v) is 7.17. The molecule has 0 aromatic heterocycles. The molecule has 4 heteroatoms. The van der Waals surface area contributed by atoms with Gasteiger partial charge in [0, 0.05) is 0 Å². The second-order valence-corrected chi connectivity index (χ2v) is 4.99. The maximum atomic E-state index is 11.4. The fourth-order valence-electron chi connectivity index (χ4n) is 1.91. The minimum Gasteiger partial charge on any atom is -0.489 e. The highest BCUT2D eigenvalue weighted by Crippen LogP contribution is 2.15. The Labute approximate surface area is 135 Å². The van der Waals surface area contributed by atoms with Gasteiger partial charge in [-0.3, -0.25) is 4.79 Å². The first kappa shape index (κ1) is 16.5. The van der Waals surface area contributed by atoms with Crippen LogP contribution in [0.15, 0.2) is 54.6 Å². The lowest BCUT2D eigenvalue weighted by Gasteiger charge is -2.07. The minimum absolute atomic E-state index is 0.0146. The highest BCUT2D eigenvalue weighted by Gasteiger charge is 2.04. The van der Waals surface area contributed by atoms with Crippen LogP contribution in [0.1, 0.15) is 28.4 Å². The summed E-state index contributed by atoms with van der Waals surface area (Å²) in [6, 6.07) is 14.5. The van der Waals surface area contributed by atoms with Crippen LogP contribution < -0.4 is 4.74 Å². The van der Waals surface area contributed by atoms with Gasteiger partial charge >= 0.3 is 5.97 Å². The predicted molar refractivity (Wildman–Crippen MR) is 88.3 cm³/mol. The van der Waals surface area contributed by atoms with Gasteiger partial charge in [-0.2, -0.15) is 0 Å². The number of allylic oxidation sites excluding steroid dienone is 1. The Bertz CT molecular complexity index is 697. The van der Waals surface area contributed by atoms with Crippen molar-refractivity contribution in [2.75, 3.05) is 7.11 Å². The van der Waals surface area contributed by atoms with Gasteiger partial charge in [0.15, 0.2) is 5.78 Å². The number of ether oxygens (including phenoxy) is 2. The number of methoxy groups -OCH3 is 1. The van der Waals surface area contributed by atoms with Gasteiger partial charge in [-0.1, -0.05) is 30.3 Å². The van der Waals surface area contributed by atoms with Crippen molar-refractivity contribution >= 4 is 17.8 Å². The average molecular weight is 310 g/mol. The number of rotatable bonds is 6. The standard InChI is InChI=1S/C19H18O4/c1-14(20)3-4-15-7-11-18(12-8-15)23-13-16-5-9-17(10-6-16)19(21)22-2/h3-12H,13H2,1-2H3. The van der Waals surface area contributed by atoms with E-state index >= 15 is 0 Å². The Hall–Kier alpha value is -2.88. The molecular weight excluding hydrogens is 292 g/mol. The number of carbonyl (C=O) groups is 2. The van der Waals surface area contributed by atoms with E-state index in [2.05, 4.69) is 4.74 Å². The van der Waals surface area contributed by atoms with Crippen LogP contribution in [-0.4, -0.2) is 18.9 Å². The molecule has 0 aliphatic rings. The average Bonchev–Trinajstić information content (AvgIpc) is 2.58. The lowest BCUT2D eigenvalue weighted by molar-refractivity contribution is -0.112. The third-order valence-electron chi connectivity index (χ3n) is 3.17. The zero-order valence-electron chi connectivity index (χ0n) is 13.1. The highest BCUT2D eigenvalue weighted by molar-refractivity contribution is 5.91. The zero-order valence-corrected chi connectivity index (χ0v) is 13.1. The maximum absolute atomic E-state index is 11.4. The Kier molecular flexibility index (Phi) is 5.69. The lowest BCUT2D eigenvalue weighted by Crippen LogP contribution is -2.01. The van der Waals surface area contributed by atoms with E-state index in [0.29, 0.717) is 12.2 Å². The molecule has 0 aliphatic carbocycles. The van der Waals surface area contributed by atoms with Gasteiger partial charge in [0.05, 0.1) is 12.7 Å². The van der Waals surface area contributed by atoms with Crippen molar-refractivity contribution in [3.8, 4) is 5.75 Å². The largest absolute Gasteiger partial charge is 0.489 e. The van der Waals surface area contributed by atoms with E-state index in [1.807, 2.05) is 36.4 Å². The van der Waals surface area contributed by atoms with Crippen LogP contribution in [0.2, 0.25) is 0 Å². The van der Waals surface area contributed by atoms with E-state index in [1.165, 1.54) is 20.1 Å². The molecule has 4 nitrogen and oxygen atoms in total. The van der Waals surface area contributed by atoms with Gasteiger partial charge in [0.25, 0.3) is 0 Å². The van der Waals surface area contributed by atoms with E-state index in [4.69, 9.17) is 4.74 Å². The minimum atomic E-state index is -0.355. The molecule has 0 saturated heterocycles. The molecule has 2 rings (SSSR count). The van der Waals surface area contributed by atoms with Crippen LogP contribution in [0.4, 0.5) is 0 Å². The molecule has 0 aliphatic heterocycles. The molecule has 0 radical (unpaired) electrons. The zero-order chi connectivity index (χ0) is 16.7. The molecule has 23 heavy (non-hydrogen) atoms. The molecular formula is C19H18O4. The van der Waals surface area contributed by atoms with Crippen LogP contribution in [-0.2, 0) is 16.1 Å². The van der Waals surface area contributed by atoms with Gasteiger partial charge < -0.3 is 9.47 Å². The monoisotopic (exact) mass is 310 g/mol. The smallest absolute Gasteiger partial charge is 0.337 e. The number of esters is 1. The Morgan fingerprint density at radius 2 is 1.65 bits per heavy atom. The summed E-state index contributed by atoms with van der Waals surface area (Å²) in [6.45, 7) is 1.92. The van der Waals surface area contributed by atoms with Gasteiger partial charge in [-0.15, -0.1) is 0 Å². The molecule has 0 unspecified atom stereocenters.